The molecule has 0 saturated heterocycles. The number of hydrogen-bond acceptors (Lipinski definition) is 2. The molecule has 0 spiro atoms. The SMILES string of the molecule is NCC(F)(F)c1cccc[n+]1[O-]. The number of aromatic nitrogens is 1. The molecule has 0 atom stereocenters. The lowest BCUT2D eigenvalue weighted by atomic mass is 10.2. The summed E-state index contributed by atoms with van der Waals surface area (Å²) in [7, 11) is 0. The Morgan fingerprint density at radius 1 is 1.50 bits per heavy atom. The first-order valence-electron chi connectivity index (χ1n) is 3.34. The second kappa shape index (κ2) is 3.02. The molecule has 12 heavy (non-hydrogen) atoms. The van der Waals surface area contributed by atoms with Crippen molar-refractivity contribution in [2.45, 2.75) is 5.92 Å². The molecule has 0 fully saturated rings. The Hall–Kier alpha value is -1.23. The molecule has 2 N–H and O–H groups in total. The molecule has 0 aliphatic carbocycles. The third kappa shape index (κ3) is 1.50. The van der Waals surface area contributed by atoms with Gasteiger partial charge in [-0.1, -0.05) is 0 Å². The van der Waals surface area contributed by atoms with Gasteiger partial charge in [0, 0.05) is 12.1 Å². The van der Waals surface area contributed by atoms with E-state index in [9.17, 15) is 14.0 Å². The summed E-state index contributed by atoms with van der Waals surface area (Å²) in [4.78, 5) is 0. The van der Waals surface area contributed by atoms with Gasteiger partial charge in [-0.2, -0.15) is 13.5 Å². The summed E-state index contributed by atoms with van der Waals surface area (Å²) in [5.41, 5.74) is 4.19. The Kier molecular flexibility index (Phi) is 2.23. The maximum Gasteiger partial charge on any atom is 0.343 e. The van der Waals surface area contributed by atoms with Crippen LogP contribution in [-0.2, 0) is 5.92 Å². The van der Waals surface area contributed by atoms with Crippen LogP contribution in [0.25, 0.3) is 0 Å². The number of nitrogens with two attached hydrogens (primary N) is 1. The zero-order valence-electron chi connectivity index (χ0n) is 6.21. The number of halogens is 2. The second-order valence-electron chi connectivity index (χ2n) is 2.32. The average molecular weight is 174 g/mol. The Morgan fingerprint density at radius 3 is 2.67 bits per heavy atom. The average Bonchev–Trinajstić information content (AvgIpc) is 2.05. The Labute approximate surface area is 68.0 Å². The van der Waals surface area contributed by atoms with Gasteiger partial charge in [-0.05, 0) is 6.07 Å². The third-order valence-corrected chi connectivity index (χ3v) is 1.46. The van der Waals surface area contributed by atoms with Gasteiger partial charge in [-0.15, -0.1) is 0 Å². The van der Waals surface area contributed by atoms with Crippen LogP contribution in [0.1, 0.15) is 5.69 Å². The second-order valence-corrected chi connectivity index (χ2v) is 2.32. The highest BCUT2D eigenvalue weighted by Gasteiger charge is 2.37. The van der Waals surface area contributed by atoms with E-state index >= 15 is 0 Å². The quantitative estimate of drug-likeness (QED) is 0.520. The standard InChI is InChI=1S/C7H8F2N2O/c8-7(9,5-10)6-3-1-2-4-11(6)12/h1-4H,5,10H2. The van der Waals surface area contributed by atoms with Gasteiger partial charge in [0.2, 0.25) is 0 Å². The summed E-state index contributed by atoms with van der Waals surface area (Å²) in [6, 6.07) is 3.80. The van der Waals surface area contributed by atoms with E-state index in [1.807, 2.05) is 0 Å². The molecule has 0 aliphatic heterocycles. The van der Waals surface area contributed by atoms with Crippen molar-refractivity contribution in [3.63, 3.8) is 0 Å². The molecule has 5 heteroatoms. The van der Waals surface area contributed by atoms with Crippen LogP contribution in [0, 0.1) is 5.21 Å². The van der Waals surface area contributed by atoms with Gasteiger partial charge in [0.25, 0.3) is 5.69 Å². The van der Waals surface area contributed by atoms with Crippen LogP contribution in [0.3, 0.4) is 0 Å². The van der Waals surface area contributed by atoms with Crippen LogP contribution in [0.4, 0.5) is 8.78 Å². The van der Waals surface area contributed by atoms with E-state index in [1.165, 1.54) is 12.1 Å². The lowest BCUT2D eigenvalue weighted by Gasteiger charge is -2.12. The smallest absolute Gasteiger partial charge is 0.343 e. The summed E-state index contributed by atoms with van der Waals surface area (Å²) in [5.74, 6) is -3.25. The fourth-order valence-electron chi connectivity index (χ4n) is 0.816. The minimum Gasteiger partial charge on any atom is -0.618 e. The van der Waals surface area contributed by atoms with Crippen LogP contribution in [0.5, 0.6) is 0 Å². The van der Waals surface area contributed by atoms with Crippen molar-refractivity contribution >= 4 is 0 Å². The zero-order valence-corrected chi connectivity index (χ0v) is 6.21. The van der Waals surface area contributed by atoms with E-state index in [2.05, 4.69) is 0 Å². The summed E-state index contributed by atoms with van der Waals surface area (Å²) in [5, 5.41) is 10.8. The maximum absolute atomic E-state index is 12.8. The van der Waals surface area contributed by atoms with E-state index in [-0.39, 0.29) is 4.73 Å². The van der Waals surface area contributed by atoms with Gasteiger partial charge in [0.15, 0.2) is 6.20 Å². The molecule has 1 heterocycles. The number of pyridine rings is 1. The fraction of sp³-hybridized carbons (Fsp3) is 0.286. The van der Waals surface area contributed by atoms with Gasteiger partial charge in [-0.3, -0.25) is 0 Å². The monoisotopic (exact) mass is 174 g/mol. The van der Waals surface area contributed by atoms with Crippen molar-refractivity contribution in [2.24, 2.45) is 5.73 Å². The molecule has 1 aromatic rings. The molecule has 1 aromatic heterocycles. The first-order chi connectivity index (χ1) is 5.58. The molecule has 0 saturated carbocycles. The van der Waals surface area contributed by atoms with Crippen molar-refractivity contribution in [2.75, 3.05) is 6.54 Å². The van der Waals surface area contributed by atoms with Gasteiger partial charge in [0.1, 0.15) is 0 Å². The van der Waals surface area contributed by atoms with Gasteiger partial charge in [-0.25, -0.2) is 0 Å². The lowest BCUT2D eigenvalue weighted by molar-refractivity contribution is -0.624. The predicted octanol–water partition coefficient (Wildman–Crippen LogP) is 0.371. The minimum absolute atomic E-state index is 0.118. The largest absolute Gasteiger partial charge is 0.618 e. The molecular weight excluding hydrogens is 166 g/mol. The van der Waals surface area contributed by atoms with Gasteiger partial charge < -0.3 is 10.9 Å². The first-order valence-corrected chi connectivity index (χ1v) is 3.34. The molecule has 0 amide bonds. The third-order valence-electron chi connectivity index (χ3n) is 1.46. The molecule has 3 nitrogen and oxygen atoms in total. The molecule has 0 aliphatic rings. The fourth-order valence-corrected chi connectivity index (χ4v) is 0.816. The van der Waals surface area contributed by atoms with Crippen molar-refractivity contribution < 1.29 is 13.5 Å². The van der Waals surface area contributed by atoms with Crippen LogP contribution in [-0.4, -0.2) is 6.54 Å². The highest BCUT2D eigenvalue weighted by molar-refractivity contribution is 5.04. The summed E-state index contributed by atoms with van der Waals surface area (Å²) in [6.07, 6.45) is 1.01. The van der Waals surface area contributed by atoms with E-state index in [0.29, 0.717) is 0 Å². The Morgan fingerprint density at radius 2 is 2.17 bits per heavy atom. The molecule has 0 bridgehead atoms. The lowest BCUT2D eigenvalue weighted by Crippen LogP contribution is -2.41. The summed E-state index contributed by atoms with van der Waals surface area (Å²) < 4.78 is 25.7. The minimum atomic E-state index is -3.25. The normalized spacial score (nSPS) is 11.6. The van der Waals surface area contributed by atoms with Crippen LogP contribution in [0.15, 0.2) is 24.4 Å². The summed E-state index contributed by atoms with van der Waals surface area (Å²) in [6.45, 7) is -0.862. The van der Waals surface area contributed by atoms with Gasteiger partial charge >= 0.3 is 5.92 Å². The van der Waals surface area contributed by atoms with Crippen LogP contribution < -0.4 is 10.5 Å². The highest BCUT2D eigenvalue weighted by Crippen LogP contribution is 2.22. The number of alkyl halides is 2. The molecule has 1 rings (SSSR count). The maximum atomic E-state index is 12.8. The van der Waals surface area contributed by atoms with E-state index in [4.69, 9.17) is 5.73 Å². The number of nitrogens with zero attached hydrogens (tertiary/aromatic N) is 1. The zero-order chi connectivity index (χ0) is 9.19. The predicted molar refractivity (Wildman–Crippen MR) is 38.4 cm³/mol. The molecule has 0 radical (unpaired) electrons. The molecule has 0 unspecified atom stereocenters. The number of hydrogen-bond donors (Lipinski definition) is 1. The highest BCUT2D eigenvalue weighted by atomic mass is 19.3. The summed E-state index contributed by atoms with van der Waals surface area (Å²) >= 11 is 0. The topological polar surface area (TPSA) is 53.0 Å². The van der Waals surface area contributed by atoms with Crippen molar-refractivity contribution in [3.8, 4) is 0 Å². The van der Waals surface area contributed by atoms with Gasteiger partial charge in [0.05, 0.1) is 6.54 Å². The van der Waals surface area contributed by atoms with Crippen LogP contribution in [0.2, 0.25) is 0 Å². The van der Waals surface area contributed by atoms with E-state index in [0.717, 1.165) is 12.3 Å². The van der Waals surface area contributed by atoms with Crippen molar-refractivity contribution in [1.82, 2.24) is 0 Å². The first kappa shape index (κ1) is 8.86. The number of rotatable bonds is 2. The van der Waals surface area contributed by atoms with Crippen molar-refractivity contribution in [1.29, 1.82) is 0 Å². The molecular formula is C7H8F2N2O. The molecule has 0 aromatic carbocycles. The van der Waals surface area contributed by atoms with E-state index in [1.54, 1.807) is 0 Å². The van der Waals surface area contributed by atoms with E-state index < -0.39 is 18.2 Å². The van der Waals surface area contributed by atoms with Crippen molar-refractivity contribution in [3.05, 3.63) is 35.3 Å². The Bertz CT molecular complexity index is 278. The molecule has 66 valence electrons. The van der Waals surface area contributed by atoms with Crippen LogP contribution >= 0.6 is 0 Å². The Balaban J connectivity index is 3.10.